The molecule has 0 saturated carbocycles. The van der Waals surface area contributed by atoms with E-state index < -0.39 is 0 Å². The number of nitrogens with zero attached hydrogens (tertiary/aromatic N) is 1. The van der Waals surface area contributed by atoms with Gasteiger partial charge in [-0.15, -0.1) is 24.8 Å². The van der Waals surface area contributed by atoms with Crippen LogP contribution in [0.2, 0.25) is 0 Å². The average Bonchev–Trinajstić information content (AvgIpc) is 2.57. The third-order valence-corrected chi connectivity index (χ3v) is 4.00. The molecule has 1 fully saturated rings. The zero-order chi connectivity index (χ0) is 16.1. The summed E-state index contributed by atoms with van der Waals surface area (Å²) < 4.78 is 5.85. The number of benzene rings is 1. The summed E-state index contributed by atoms with van der Waals surface area (Å²) in [5.74, 6) is 1.38. The monoisotopic (exact) mass is 383 g/mol. The van der Waals surface area contributed by atoms with E-state index in [9.17, 15) is 4.79 Å². The van der Waals surface area contributed by atoms with Crippen LogP contribution in [-0.2, 0) is 4.79 Å². The summed E-state index contributed by atoms with van der Waals surface area (Å²) in [5.41, 5.74) is 0.604. The maximum Gasteiger partial charge on any atom is 0.227 e. The van der Waals surface area contributed by atoms with E-state index in [-0.39, 0.29) is 36.6 Å². The zero-order valence-electron chi connectivity index (χ0n) is 14.0. The van der Waals surface area contributed by atoms with Crippen LogP contribution in [0, 0.1) is 5.92 Å². The lowest BCUT2D eigenvalue weighted by atomic mass is 9.92. The maximum atomic E-state index is 12.5. The number of pyridine rings is 1. The second-order valence-corrected chi connectivity index (χ2v) is 5.85. The van der Waals surface area contributed by atoms with E-state index >= 15 is 0 Å². The maximum absolute atomic E-state index is 12.5. The summed E-state index contributed by atoms with van der Waals surface area (Å²) in [5, 5.41) is 6.32. The summed E-state index contributed by atoms with van der Waals surface area (Å²) in [6.45, 7) is 2.98. The van der Waals surface area contributed by atoms with E-state index in [1.807, 2.05) is 30.3 Å². The third kappa shape index (κ3) is 5.88. The lowest BCUT2D eigenvalue weighted by Gasteiger charge is -2.27. The topological polar surface area (TPSA) is 63.2 Å². The molecule has 5 nitrogen and oxygen atoms in total. The number of anilines is 1. The van der Waals surface area contributed by atoms with Crippen LogP contribution in [0.3, 0.4) is 0 Å². The van der Waals surface area contributed by atoms with Crippen LogP contribution in [-0.4, -0.2) is 23.5 Å². The Balaban J connectivity index is 0.00000156. The largest absolute Gasteiger partial charge is 0.455 e. The normalized spacial score (nSPS) is 19.1. The van der Waals surface area contributed by atoms with Gasteiger partial charge in [0.05, 0.1) is 6.20 Å². The molecule has 0 aliphatic carbocycles. The van der Waals surface area contributed by atoms with Crippen LogP contribution < -0.4 is 15.4 Å². The molecule has 1 aromatic heterocycles. The molecule has 1 aromatic carbocycles. The summed E-state index contributed by atoms with van der Waals surface area (Å²) in [4.78, 5) is 16.6. The number of nitrogens with one attached hydrogen (secondary N) is 2. The molecule has 2 aromatic rings. The van der Waals surface area contributed by atoms with Crippen LogP contribution in [0.25, 0.3) is 0 Å². The predicted octanol–water partition coefficient (Wildman–Crippen LogP) is 4.04. The number of ether oxygens (including phenoxy) is 1. The van der Waals surface area contributed by atoms with E-state index in [0.717, 1.165) is 25.1 Å². The molecule has 1 amide bonds. The van der Waals surface area contributed by atoms with Crippen molar-refractivity contribution < 1.29 is 9.53 Å². The first kappa shape index (κ1) is 21.2. The molecule has 25 heavy (non-hydrogen) atoms. The van der Waals surface area contributed by atoms with E-state index in [4.69, 9.17) is 4.74 Å². The van der Waals surface area contributed by atoms with Gasteiger partial charge in [-0.2, -0.15) is 0 Å². The van der Waals surface area contributed by atoms with Gasteiger partial charge < -0.3 is 15.4 Å². The van der Waals surface area contributed by atoms with Crippen molar-refractivity contribution in [3.8, 4) is 11.5 Å². The fourth-order valence-corrected chi connectivity index (χ4v) is 2.78. The van der Waals surface area contributed by atoms with Crippen LogP contribution in [0.5, 0.6) is 11.5 Å². The fraction of sp³-hybridized carbons (Fsp3) is 0.333. The number of rotatable bonds is 4. The number of amides is 1. The number of carbonyl (C=O) groups is 1. The Morgan fingerprint density at radius 3 is 2.72 bits per heavy atom. The third-order valence-electron chi connectivity index (χ3n) is 4.00. The van der Waals surface area contributed by atoms with E-state index in [1.165, 1.54) is 0 Å². The van der Waals surface area contributed by atoms with Crippen LogP contribution >= 0.6 is 24.8 Å². The van der Waals surface area contributed by atoms with Gasteiger partial charge in [0.25, 0.3) is 0 Å². The molecule has 0 unspecified atom stereocenters. The highest BCUT2D eigenvalue weighted by Gasteiger charge is 2.25. The number of hydrogen-bond donors (Lipinski definition) is 2. The summed E-state index contributed by atoms with van der Waals surface area (Å²) in [7, 11) is 0. The average molecular weight is 384 g/mol. The minimum Gasteiger partial charge on any atom is -0.455 e. The number of hydrogen-bond acceptors (Lipinski definition) is 4. The second kappa shape index (κ2) is 10.2. The predicted molar refractivity (Wildman–Crippen MR) is 104 cm³/mol. The Bertz CT molecular complexity index is 670. The van der Waals surface area contributed by atoms with Crippen molar-refractivity contribution in [2.75, 3.05) is 11.9 Å². The minimum atomic E-state index is 0. The minimum absolute atomic E-state index is 0. The van der Waals surface area contributed by atoms with Gasteiger partial charge >= 0.3 is 0 Å². The second-order valence-electron chi connectivity index (χ2n) is 5.85. The molecule has 1 aliphatic heterocycles. The Kier molecular flexibility index (Phi) is 8.69. The zero-order valence-corrected chi connectivity index (χ0v) is 15.6. The van der Waals surface area contributed by atoms with Gasteiger partial charge in [0, 0.05) is 24.2 Å². The number of aromatic nitrogens is 1. The van der Waals surface area contributed by atoms with E-state index in [0.29, 0.717) is 17.5 Å². The first-order valence-electron chi connectivity index (χ1n) is 7.93. The van der Waals surface area contributed by atoms with Crippen molar-refractivity contribution in [2.24, 2.45) is 5.92 Å². The summed E-state index contributed by atoms with van der Waals surface area (Å²) in [6, 6.07) is 11.6. The van der Waals surface area contributed by atoms with Gasteiger partial charge in [0.15, 0.2) is 5.75 Å². The quantitative estimate of drug-likeness (QED) is 0.835. The molecule has 0 radical (unpaired) electrons. The Hall–Kier alpha value is -1.82. The molecule has 136 valence electrons. The lowest BCUT2D eigenvalue weighted by molar-refractivity contribution is -0.120. The van der Waals surface area contributed by atoms with Crippen molar-refractivity contribution in [1.82, 2.24) is 10.3 Å². The highest BCUT2D eigenvalue weighted by Crippen LogP contribution is 2.29. The van der Waals surface area contributed by atoms with Gasteiger partial charge in [0.1, 0.15) is 11.4 Å². The highest BCUT2D eigenvalue weighted by molar-refractivity contribution is 5.93. The van der Waals surface area contributed by atoms with Gasteiger partial charge in [0.2, 0.25) is 5.91 Å². The molecule has 0 spiro atoms. The SMILES string of the molecule is C[C@H]1C[C@@H](C(=O)Nc2cnccc2Oc2ccccc2)CCN1.Cl.Cl. The fourth-order valence-electron chi connectivity index (χ4n) is 2.78. The van der Waals surface area contributed by atoms with Crippen molar-refractivity contribution in [3.05, 3.63) is 48.8 Å². The van der Waals surface area contributed by atoms with E-state index in [2.05, 4.69) is 22.5 Å². The number of halogens is 2. The number of para-hydroxylation sites is 1. The number of piperidine rings is 1. The first-order valence-corrected chi connectivity index (χ1v) is 7.93. The van der Waals surface area contributed by atoms with Gasteiger partial charge in [-0.05, 0) is 38.4 Å². The van der Waals surface area contributed by atoms with Gasteiger partial charge in [-0.25, -0.2) is 0 Å². The molecule has 1 aliphatic rings. The molecular formula is C18H23Cl2N3O2. The van der Waals surface area contributed by atoms with Crippen molar-refractivity contribution in [1.29, 1.82) is 0 Å². The molecular weight excluding hydrogens is 361 g/mol. The Morgan fingerprint density at radius 2 is 2.00 bits per heavy atom. The smallest absolute Gasteiger partial charge is 0.227 e. The van der Waals surface area contributed by atoms with Crippen LogP contribution in [0.4, 0.5) is 5.69 Å². The van der Waals surface area contributed by atoms with Crippen LogP contribution in [0.15, 0.2) is 48.8 Å². The summed E-state index contributed by atoms with van der Waals surface area (Å²) in [6.07, 6.45) is 4.98. The molecule has 2 N–H and O–H groups in total. The molecule has 0 bridgehead atoms. The number of carbonyl (C=O) groups excluding carboxylic acids is 1. The standard InChI is InChI=1S/C18H21N3O2.2ClH/c1-13-11-14(7-10-20-13)18(22)21-16-12-19-9-8-17(16)23-15-5-3-2-4-6-15;;/h2-6,8-9,12-14,20H,7,10-11H2,1H3,(H,21,22);2*1H/t13-,14-;;/m0../s1. The van der Waals surface area contributed by atoms with Crippen molar-refractivity contribution >= 4 is 36.4 Å². The lowest BCUT2D eigenvalue weighted by Crippen LogP contribution is -2.40. The van der Waals surface area contributed by atoms with Gasteiger partial charge in [-0.3, -0.25) is 9.78 Å². The molecule has 3 rings (SSSR count). The molecule has 2 atom stereocenters. The Morgan fingerprint density at radius 1 is 1.24 bits per heavy atom. The summed E-state index contributed by atoms with van der Waals surface area (Å²) >= 11 is 0. The van der Waals surface area contributed by atoms with E-state index in [1.54, 1.807) is 18.5 Å². The molecule has 2 heterocycles. The van der Waals surface area contributed by atoms with Crippen molar-refractivity contribution in [3.63, 3.8) is 0 Å². The van der Waals surface area contributed by atoms with Gasteiger partial charge in [-0.1, -0.05) is 18.2 Å². The highest BCUT2D eigenvalue weighted by atomic mass is 35.5. The Labute approximate surface area is 160 Å². The molecule has 7 heteroatoms. The first-order chi connectivity index (χ1) is 11.2. The van der Waals surface area contributed by atoms with Crippen LogP contribution in [0.1, 0.15) is 19.8 Å². The molecule has 1 saturated heterocycles. The van der Waals surface area contributed by atoms with Crippen molar-refractivity contribution in [2.45, 2.75) is 25.8 Å².